The van der Waals surface area contributed by atoms with Crippen LogP contribution in [0.5, 0.6) is 5.75 Å². The van der Waals surface area contributed by atoms with Gasteiger partial charge in [-0.3, -0.25) is 0 Å². The number of halogens is 1. The zero-order valence-electron chi connectivity index (χ0n) is 8.23. The lowest BCUT2D eigenvalue weighted by molar-refractivity contribution is -0.0735. The fraction of sp³-hybridized carbons (Fsp3) is 0.455. The Kier molecular flexibility index (Phi) is 3.18. The van der Waals surface area contributed by atoms with Crippen molar-refractivity contribution in [3.05, 3.63) is 30.1 Å². The molecule has 1 aromatic rings. The molecule has 2 unspecified atom stereocenters. The summed E-state index contributed by atoms with van der Waals surface area (Å²) in [6.07, 6.45) is -0.292. The van der Waals surface area contributed by atoms with Gasteiger partial charge in [0.25, 0.3) is 0 Å². The summed E-state index contributed by atoms with van der Waals surface area (Å²) in [5, 5.41) is 9.61. The Morgan fingerprint density at radius 2 is 2.07 bits per heavy atom. The Labute approximate surface area is 87.4 Å². The molecular formula is C11H13FO3. The van der Waals surface area contributed by atoms with Gasteiger partial charge in [-0.2, -0.15) is 0 Å². The lowest BCUT2D eigenvalue weighted by atomic mass is 10.1. The Bertz CT molecular complexity index is 312. The van der Waals surface area contributed by atoms with E-state index in [2.05, 4.69) is 0 Å². The summed E-state index contributed by atoms with van der Waals surface area (Å²) in [5.74, 6) is 0.244. The maximum absolute atomic E-state index is 12.6. The summed E-state index contributed by atoms with van der Waals surface area (Å²) in [6.45, 7) is 0.934. The molecule has 1 saturated heterocycles. The fourth-order valence-electron chi connectivity index (χ4n) is 1.50. The predicted octanol–water partition coefficient (Wildman–Crippen LogP) is 1.35. The highest BCUT2D eigenvalue weighted by molar-refractivity contribution is 5.22. The quantitative estimate of drug-likeness (QED) is 0.804. The van der Waals surface area contributed by atoms with E-state index in [4.69, 9.17) is 9.47 Å². The minimum Gasteiger partial charge on any atom is -0.485 e. The molecule has 0 spiro atoms. The van der Waals surface area contributed by atoms with Gasteiger partial charge in [0.1, 0.15) is 17.7 Å². The zero-order chi connectivity index (χ0) is 10.7. The van der Waals surface area contributed by atoms with Crippen molar-refractivity contribution in [1.82, 2.24) is 0 Å². The first-order valence-electron chi connectivity index (χ1n) is 4.94. The van der Waals surface area contributed by atoms with Crippen molar-refractivity contribution < 1.29 is 19.0 Å². The van der Waals surface area contributed by atoms with E-state index in [0.717, 1.165) is 0 Å². The molecule has 4 heteroatoms. The number of ether oxygens (including phenoxy) is 2. The molecule has 0 bridgehead atoms. The van der Waals surface area contributed by atoms with Gasteiger partial charge in [0, 0.05) is 13.0 Å². The van der Waals surface area contributed by atoms with Crippen molar-refractivity contribution >= 4 is 0 Å². The van der Waals surface area contributed by atoms with Crippen LogP contribution < -0.4 is 4.74 Å². The molecule has 1 fully saturated rings. The lowest BCUT2D eigenvalue weighted by Crippen LogP contribution is -2.40. The molecule has 0 radical (unpaired) electrons. The van der Waals surface area contributed by atoms with Crippen LogP contribution >= 0.6 is 0 Å². The van der Waals surface area contributed by atoms with E-state index in [1.54, 1.807) is 0 Å². The van der Waals surface area contributed by atoms with Crippen LogP contribution in [0.3, 0.4) is 0 Å². The summed E-state index contributed by atoms with van der Waals surface area (Å²) >= 11 is 0. The summed E-state index contributed by atoms with van der Waals surface area (Å²) < 4.78 is 23.3. The van der Waals surface area contributed by atoms with Crippen molar-refractivity contribution in [3.63, 3.8) is 0 Å². The fourth-order valence-corrected chi connectivity index (χ4v) is 1.50. The molecule has 2 atom stereocenters. The summed E-state index contributed by atoms with van der Waals surface area (Å²) in [7, 11) is 0. The van der Waals surface area contributed by atoms with Crippen molar-refractivity contribution in [3.8, 4) is 5.75 Å². The third-order valence-corrected chi connectivity index (χ3v) is 2.37. The summed E-state index contributed by atoms with van der Waals surface area (Å²) in [5.41, 5.74) is 0. The molecule has 15 heavy (non-hydrogen) atoms. The Morgan fingerprint density at radius 3 is 2.73 bits per heavy atom. The van der Waals surface area contributed by atoms with Gasteiger partial charge in [0.05, 0.1) is 12.7 Å². The molecule has 82 valence electrons. The summed E-state index contributed by atoms with van der Waals surface area (Å²) in [6, 6.07) is 5.73. The zero-order valence-corrected chi connectivity index (χ0v) is 8.23. The topological polar surface area (TPSA) is 38.7 Å². The van der Waals surface area contributed by atoms with Crippen LogP contribution in [0.4, 0.5) is 4.39 Å². The van der Waals surface area contributed by atoms with Crippen molar-refractivity contribution in [1.29, 1.82) is 0 Å². The second-order valence-corrected chi connectivity index (χ2v) is 3.54. The molecule has 0 saturated carbocycles. The van der Waals surface area contributed by atoms with E-state index >= 15 is 0 Å². The van der Waals surface area contributed by atoms with Crippen LogP contribution in [-0.4, -0.2) is 30.5 Å². The number of rotatable bonds is 2. The van der Waals surface area contributed by atoms with Crippen molar-refractivity contribution in [2.24, 2.45) is 0 Å². The molecule has 1 aliphatic rings. The van der Waals surface area contributed by atoms with Gasteiger partial charge in [0.15, 0.2) is 0 Å². The van der Waals surface area contributed by atoms with Gasteiger partial charge in [-0.25, -0.2) is 4.39 Å². The van der Waals surface area contributed by atoms with E-state index in [-0.39, 0.29) is 11.9 Å². The largest absolute Gasteiger partial charge is 0.485 e. The van der Waals surface area contributed by atoms with E-state index in [1.165, 1.54) is 24.3 Å². The number of hydrogen-bond donors (Lipinski definition) is 1. The lowest BCUT2D eigenvalue weighted by Gasteiger charge is -2.28. The molecule has 0 aliphatic carbocycles. The minimum absolute atomic E-state index is 0.303. The first kappa shape index (κ1) is 10.4. The van der Waals surface area contributed by atoms with Gasteiger partial charge in [-0.15, -0.1) is 0 Å². The first-order valence-corrected chi connectivity index (χ1v) is 4.94. The van der Waals surface area contributed by atoms with Gasteiger partial charge < -0.3 is 14.6 Å². The maximum atomic E-state index is 12.6. The van der Waals surface area contributed by atoms with E-state index in [1.807, 2.05) is 0 Å². The minimum atomic E-state index is -0.510. The van der Waals surface area contributed by atoms with Crippen LogP contribution in [0.25, 0.3) is 0 Å². The van der Waals surface area contributed by atoms with Crippen LogP contribution in [0, 0.1) is 5.82 Å². The van der Waals surface area contributed by atoms with Gasteiger partial charge in [-0.1, -0.05) is 0 Å². The number of hydrogen-bond acceptors (Lipinski definition) is 3. The normalized spacial score (nSPS) is 26.3. The molecule has 1 aromatic carbocycles. The molecule has 2 rings (SSSR count). The molecule has 0 aromatic heterocycles. The van der Waals surface area contributed by atoms with Crippen molar-refractivity contribution in [2.45, 2.75) is 18.6 Å². The second kappa shape index (κ2) is 4.59. The molecular weight excluding hydrogens is 199 g/mol. The number of benzene rings is 1. The molecule has 1 heterocycles. The van der Waals surface area contributed by atoms with E-state index in [0.29, 0.717) is 25.4 Å². The van der Waals surface area contributed by atoms with Crippen LogP contribution in [0.1, 0.15) is 6.42 Å². The molecule has 1 N–H and O–H groups in total. The Morgan fingerprint density at radius 1 is 1.33 bits per heavy atom. The summed E-state index contributed by atoms with van der Waals surface area (Å²) in [4.78, 5) is 0. The smallest absolute Gasteiger partial charge is 0.148 e. The van der Waals surface area contributed by atoms with E-state index < -0.39 is 6.10 Å². The highest BCUT2D eigenvalue weighted by Gasteiger charge is 2.25. The highest BCUT2D eigenvalue weighted by Crippen LogP contribution is 2.17. The first-order chi connectivity index (χ1) is 7.25. The third kappa shape index (κ3) is 2.67. The van der Waals surface area contributed by atoms with Crippen LogP contribution in [0.15, 0.2) is 24.3 Å². The van der Waals surface area contributed by atoms with E-state index in [9.17, 15) is 9.50 Å². The van der Waals surface area contributed by atoms with Gasteiger partial charge >= 0.3 is 0 Å². The second-order valence-electron chi connectivity index (χ2n) is 3.54. The van der Waals surface area contributed by atoms with Crippen LogP contribution in [-0.2, 0) is 4.74 Å². The van der Waals surface area contributed by atoms with Gasteiger partial charge in [-0.05, 0) is 24.3 Å². The molecule has 0 amide bonds. The SMILES string of the molecule is OC1CCOCC1Oc1ccc(F)cc1. The van der Waals surface area contributed by atoms with Crippen molar-refractivity contribution in [2.75, 3.05) is 13.2 Å². The maximum Gasteiger partial charge on any atom is 0.148 e. The Balaban J connectivity index is 1.98. The van der Waals surface area contributed by atoms with Gasteiger partial charge in [0.2, 0.25) is 0 Å². The number of aliphatic hydroxyl groups is 1. The highest BCUT2D eigenvalue weighted by atomic mass is 19.1. The average Bonchev–Trinajstić information content (AvgIpc) is 2.25. The average molecular weight is 212 g/mol. The predicted molar refractivity (Wildman–Crippen MR) is 52.3 cm³/mol. The van der Waals surface area contributed by atoms with Crippen LogP contribution in [0.2, 0.25) is 0 Å². The molecule has 3 nitrogen and oxygen atoms in total. The third-order valence-electron chi connectivity index (χ3n) is 2.37. The monoisotopic (exact) mass is 212 g/mol. The number of aliphatic hydroxyl groups excluding tert-OH is 1. The Hall–Kier alpha value is -1.13. The molecule has 1 aliphatic heterocycles. The standard InChI is InChI=1S/C11H13FO3/c12-8-1-3-9(4-2-8)15-11-7-14-6-5-10(11)13/h1-4,10-11,13H,5-7H2.